The summed E-state index contributed by atoms with van der Waals surface area (Å²) in [6.07, 6.45) is 2.20. The van der Waals surface area contributed by atoms with Gasteiger partial charge in [-0.1, -0.05) is 37.2 Å². The number of ether oxygens (including phenoxy) is 2. The number of carbonyl (C=O) groups excluding carboxylic acids is 1. The average molecular weight is 407 g/mol. The van der Waals surface area contributed by atoms with E-state index in [0.29, 0.717) is 23.3 Å². The number of carbonyl (C=O) groups is 1. The SMILES string of the molecule is CC(C)C(NC(=O)COc1ccc(Oc2ccccc2)cc1)c1nc(C2CC2)no1. The topological polar surface area (TPSA) is 86.5 Å². The highest BCUT2D eigenvalue weighted by Crippen LogP contribution is 2.38. The molecule has 0 radical (unpaired) electrons. The minimum absolute atomic E-state index is 0.105. The average Bonchev–Trinajstić information content (AvgIpc) is 3.49. The summed E-state index contributed by atoms with van der Waals surface area (Å²) >= 11 is 0. The van der Waals surface area contributed by atoms with Crippen molar-refractivity contribution in [2.45, 2.75) is 38.6 Å². The first kappa shape index (κ1) is 19.9. The van der Waals surface area contributed by atoms with Gasteiger partial charge in [0.05, 0.1) is 0 Å². The van der Waals surface area contributed by atoms with Gasteiger partial charge in [-0.2, -0.15) is 4.98 Å². The van der Waals surface area contributed by atoms with Gasteiger partial charge < -0.3 is 19.3 Å². The largest absolute Gasteiger partial charge is 0.484 e. The van der Waals surface area contributed by atoms with E-state index >= 15 is 0 Å². The molecular weight excluding hydrogens is 382 g/mol. The minimum atomic E-state index is -0.345. The van der Waals surface area contributed by atoms with Gasteiger partial charge in [-0.25, -0.2) is 0 Å². The van der Waals surface area contributed by atoms with Gasteiger partial charge in [-0.05, 0) is 55.2 Å². The normalized spacial score (nSPS) is 14.4. The molecule has 0 saturated heterocycles. The van der Waals surface area contributed by atoms with Crippen LogP contribution in [0.25, 0.3) is 0 Å². The van der Waals surface area contributed by atoms with Gasteiger partial charge in [-0.15, -0.1) is 0 Å². The standard InChI is InChI=1S/C23H25N3O4/c1-15(2)21(23-25-22(26-30-23)16-8-9-16)24-20(27)14-28-17-10-12-19(13-11-17)29-18-6-4-3-5-7-18/h3-7,10-13,15-16,21H,8-9,14H2,1-2H3,(H,24,27). The summed E-state index contributed by atoms with van der Waals surface area (Å²) in [5, 5.41) is 6.97. The lowest BCUT2D eigenvalue weighted by Gasteiger charge is -2.18. The van der Waals surface area contributed by atoms with Crippen LogP contribution in [0.15, 0.2) is 59.1 Å². The van der Waals surface area contributed by atoms with Crippen LogP contribution in [-0.2, 0) is 4.79 Å². The Hall–Kier alpha value is -3.35. The zero-order valence-corrected chi connectivity index (χ0v) is 17.1. The van der Waals surface area contributed by atoms with Crippen molar-refractivity contribution in [1.29, 1.82) is 0 Å². The molecule has 0 aliphatic heterocycles. The maximum atomic E-state index is 12.4. The van der Waals surface area contributed by atoms with E-state index in [1.807, 2.05) is 44.2 Å². The summed E-state index contributed by atoms with van der Waals surface area (Å²) in [4.78, 5) is 16.9. The number of nitrogens with zero attached hydrogens (tertiary/aromatic N) is 2. The molecule has 4 rings (SSSR count). The third-order valence-electron chi connectivity index (χ3n) is 4.82. The molecule has 1 amide bonds. The van der Waals surface area contributed by atoms with E-state index in [1.54, 1.807) is 24.3 Å². The Morgan fingerprint density at radius 1 is 1.07 bits per heavy atom. The van der Waals surface area contributed by atoms with Crippen LogP contribution < -0.4 is 14.8 Å². The monoisotopic (exact) mass is 407 g/mol. The first-order valence-electron chi connectivity index (χ1n) is 10.2. The van der Waals surface area contributed by atoms with Gasteiger partial charge in [0.1, 0.15) is 23.3 Å². The Kier molecular flexibility index (Phi) is 5.97. The molecule has 0 spiro atoms. The molecule has 1 atom stereocenters. The highest BCUT2D eigenvalue weighted by Gasteiger charge is 2.31. The van der Waals surface area contributed by atoms with Gasteiger partial charge in [0, 0.05) is 5.92 Å². The van der Waals surface area contributed by atoms with E-state index in [-0.39, 0.29) is 24.5 Å². The van der Waals surface area contributed by atoms with Crippen LogP contribution in [0.3, 0.4) is 0 Å². The van der Waals surface area contributed by atoms with Crippen molar-refractivity contribution in [3.8, 4) is 17.2 Å². The molecule has 1 unspecified atom stereocenters. The molecule has 7 heteroatoms. The Bertz CT molecular complexity index is 966. The van der Waals surface area contributed by atoms with Crippen molar-refractivity contribution in [2.24, 2.45) is 5.92 Å². The quantitative estimate of drug-likeness (QED) is 0.556. The minimum Gasteiger partial charge on any atom is -0.484 e. The van der Waals surface area contributed by atoms with Gasteiger partial charge >= 0.3 is 0 Å². The predicted octanol–water partition coefficient (Wildman–Crippen LogP) is 4.63. The van der Waals surface area contributed by atoms with E-state index in [0.717, 1.165) is 24.4 Å². The molecular formula is C23H25N3O4. The van der Waals surface area contributed by atoms with Crippen LogP contribution in [0, 0.1) is 5.92 Å². The van der Waals surface area contributed by atoms with Crippen LogP contribution in [0.1, 0.15) is 50.4 Å². The fourth-order valence-corrected chi connectivity index (χ4v) is 2.99. The molecule has 1 aliphatic carbocycles. The number of benzene rings is 2. The van der Waals surface area contributed by atoms with Gasteiger partial charge in [0.15, 0.2) is 12.4 Å². The van der Waals surface area contributed by atoms with Gasteiger partial charge in [0.25, 0.3) is 5.91 Å². The second kappa shape index (κ2) is 8.98. The zero-order valence-electron chi connectivity index (χ0n) is 17.1. The number of nitrogens with one attached hydrogen (secondary N) is 1. The second-order valence-corrected chi connectivity index (χ2v) is 7.73. The lowest BCUT2D eigenvalue weighted by molar-refractivity contribution is -0.124. The van der Waals surface area contributed by atoms with E-state index in [2.05, 4.69) is 15.5 Å². The van der Waals surface area contributed by atoms with Crippen LogP contribution >= 0.6 is 0 Å². The van der Waals surface area contributed by atoms with Crippen molar-refractivity contribution >= 4 is 5.91 Å². The maximum absolute atomic E-state index is 12.4. The van der Waals surface area contributed by atoms with E-state index < -0.39 is 0 Å². The molecule has 2 aromatic carbocycles. The van der Waals surface area contributed by atoms with E-state index in [9.17, 15) is 4.79 Å². The molecule has 1 heterocycles. The number of amides is 1. The Morgan fingerprint density at radius 2 is 1.73 bits per heavy atom. The van der Waals surface area contributed by atoms with Crippen molar-refractivity contribution < 1.29 is 18.8 Å². The Labute approximate surface area is 175 Å². The van der Waals surface area contributed by atoms with Crippen LogP contribution in [0.2, 0.25) is 0 Å². The first-order valence-corrected chi connectivity index (χ1v) is 10.2. The molecule has 1 fully saturated rings. The summed E-state index contributed by atoms with van der Waals surface area (Å²) in [7, 11) is 0. The molecule has 1 N–H and O–H groups in total. The molecule has 30 heavy (non-hydrogen) atoms. The third kappa shape index (κ3) is 5.17. The summed E-state index contributed by atoms with van der Waals surface area (Å²) in [6, 6.07) is 16.3. The Balaban J connectivity index is 1.29. The smallest absolute Gasteiger partial charge is 0.258 e. The molecule has 1 aromatic heterocycles. The number of aromatic nitrogens is 2. The van der Waals surface area contributed by atoms with E-state index in [1.165, 1.54) is 0 Å². The van der Waals surface area contributed by atoms with Crippen LogP contribution in [0.4, 0.5) is 0 Å². The fourth-order valence-electron chi connectivity index (χ4n) is 2.99. The number of hydrogen-bond acceptors (Lipinski definition) is 6. The van der Waals surface area contributed by atoms with E-state index in [4.69, 9.17) is 14.0 Å². The molecule has 7 nitrogen and oxygen atoms in total. The molecule has 1 saturated carbocycles. The zero-order chi connectivity index (χ0) is 20.9. The van der Waals surface area contributed by atoms with Crippen molar-refractivity contribution in [3.63, 3.8) is 0 Å². The van der Waals surface area contributed by atoms with Crippen molar-refractivity contribution in [2.75, 3.05) is 6.61 Å². The van der Waals surface area contributed by atoms with Gasteiger partial charge in [0.2, 0.25) is 5.89 Å². The highest BCUT2D eigenvalue weighted by molar-refractivity contribution is 5.77. The highest BCUT2D eigenvalue weighted by atomic mass is 16.5. The van der Waals surface area contributed by atoms with Crippen LogP contribution in [-0.4, -0.2) is 22.7 Å². The Morgan fingerprint density at radius 3 is 2.40 bits per heavy atom. The number of rotatable bonds is 9. The first-order chi connectivity index (χ1) is 14.6. The summed E-state index contributed by atoms with van der Waals surface area (Å²) < 4.78 is 16.7. The lowest BCUT2D eigenvalue weighted by Crippen LogP contribution is -2.35. The summed E-state index contributed by atoms with van der Waals surface area (Å²) in [6.45, 7) is 3.89. The number of hydrogen-bond donors (Lipinski definition) is 1. The number of para-hydroxylation sites is 1. The molecule has 156 valence electrons. The third-order valence-corrected chi connectivity index (χ3v) is 4.82. The summed E-state index contributed by atoms with van der Waals surface area (Å²) in [5.74, 6) is 3.49. The predicted molar refractivity (Wildman–Crippen MR) is 110 cm³/mol. The summed E-state index contributed by atoms with van der Waals surface area (Å²) in [5.41, 5.74) is 0. The van der Waals surface area contributed by atoms with Gasteiger partial charge in [-0.3, -0.25) is 4.79 Å². The second-order valence-electron chi connectivity index (χ2n) is 7.73. The van der Waals surface area contributed by atoms with Crippen LogP contribution in [0.5, 0.6) is 17.2 Å². The molecule has 0 bridgehead atoms. The fraction of sp³-hybridized carbons (Fsp3) is 0.348. The van der Waals surface area contributed by atoms with Crippen molar-refractivity contribution in [3.05, 3.63) is 66.3 Å². The van der Waals surface area contributed by atoms with Crippen molar-refractivity contribution in [1.82, 2.24) is 15.5 Å². The molecule has 3 aromatic rings. The lowest BCUT2D eigenvalue weighted by atomic mass is 10.0. The maximum Gasteiger partial charge on any atom is 0.258 e. The molecule has 1 aliphatic rings.